The molecule has 0 aliphatic carbocycles. The van der Waals surface area contributed by atoms with Crippen molar-refractivity contribution in [2.45, 2.75) is 69.2 Å². The largest absolute Gasteiger partial charge is 0.0778 e. The summed E-state index contributed by atoms with van der Waals surface area (Å²) in [6.07, 6.45) is 0. The molecule has 0 heterocycles. The van der Waals surface area contributed by atoms with E-state index >= 15 is 0 Å². The summed E-state index contributed by atoms with van der Waals surface area (Å²) in [5.41, 5.74) is 7.15. The van der Waals surface area contributed by atoms with Gasteiger partial charge in [-0.15, -0.1) is 0 Å². The summed E-state index contributed by atoms with van der Waals surface area (Å²) < 4.78 is 0. The van der Waals surface area contributed by atoms with Gasteiger partial charge < -0.3 is 0 Å². The average Bonchev–Trinajstić information content (AvgIpc) is 2.39. The van der Waals surface area contributed by atoms with Crippen LogP contribution in [0.3, 0.4) is 0 Å². The minimum Gasteiger partial charge on any atom is -0.0778 e. The van der Waals surface area contributed by atoms with Gasteiger partial charge in [-0.3, -0.25) is 0 Å². The summed E-state index contributed by atoms with van der Waals surface area (Å²) in [6, 6.07) is 10.3. The third kappa shape index (κ3) is 14.9. The highest BCUT2D eigenvalue weighted by Gasteiger charge is 1.95. The fraction of sp³-hybridized carbons (Fsp3) is 0.524. The third-order valence-electron chi connectivity index (χ3n) is 3.60. The molecule has 0 fully saturated rings. The first-order chi connectivity index (χ1) is 9.59. The van der Waals surface area contributed by atoms with Gasteiger partial charge in [-0.2, -0.15) is 0 Å². The van der Waals surface area contributed by atoms with Gasteiger partial charge >= 0.3 is 0 Å². The Hall–Kier alpha value is -1.30. The van der Waals surface area contributed by atoms with Gasteiger partial charge in [0.05, 0.1) is 0 Å². The maximum absolute atomic E-state index is 2.22. The van der Waals surface area contributed by atoms with E-state index in [1.54, 1.807) is 0 Å². The molecule has 0 saturated heterocycles. The lowest BCUT2D eigenvalue weighted by Crippen LogP contribution is -1.89. The van der Waals surface area contributed by atoms with Crippen molar-refractivity contribution >= 4 is 0 Å². The van der Waals surface area contributed by atoms with E-state index in [-0.39, 0.29) is 0 Å². The van der Waals surface area contributed by atoms with Gasteiger partial charge in [-0.1, -0.05) is 72.0 Å². The summed E-state index contributed by atoms with van der Waals surface area (Å²) in [4.78, 5) is 0. The van der Waals surface area contributed by atoms with Crippen molar-refractivity contribution in [1.29, 1.82) is 0 Å². The number of rotatable bonds is 1. The van der Waals surface area contributed by atoms with Crippen LogP contribution in [0, 0.1) is 12.8 Å². The van der Waals surface area contributed by atoms with E-state index in [1.165, 1.54) is 27.9 Å². The van der Waals surface area contributed by atoms with Gasteiger partial charge in [0.15, 0.2) is 0 Å². The highest BCUT2D eigenvalue weighted by Crippen LogP contribution is 2.12. The number of allylic oxidation sites excluding steroid dienone is 4. The molecule has 0 atom stereocenters. The Labute approximate surface area is 134 Å². The second kappa shape index (κ2) is 12.4. The van der Waals surface area contributed by atoms with Crippen LogP contribution in [0.15, 0.2) is 52.6 Å². The molecule has 0 radical (unpaired) electrons. The summed E-state index contributed by atoms with van der Waals surface area (Å²) in [7, 11) is 0. The number of hydrogen-bond acceptors (Lipinski definition) is 0. The maximum atomic E-state index is 2.22. The second-order valence-corrected chi connectivity index (χ2v) is 6.49. The van der Waals surface area contributed by atoms with Crippen LogP contribution in [0.4, 0.5) is 0 Å². The Morgan fingerprint density at radius 3 is 1.14 bits per heavy atom. The topological polar surface area (TPSA) is 0 Å². The zero-order valence-electron chi connectivity index (χ0n) is 16.0. The summed E-state index contributed by atoms with van der Waals surface area (Å²) in [6.45, 7) is 21.5. The van der Waals surface area contributed by atoms with Gasteiger partial charge in [0, 0.05) is 0 Å². The Morgan fingerprint density at radius 1 is 0.667 bits per heavy atom. The zero-order valence-corrected chi connectivity index (χ0v) is 16.0. The van der Waals surface area contributed by atoms with Gasteiger partial charge in [0.1, 0.15) is 0 Å². The Balaban J connectivity index is 0. The molecule has 0 amide bonds. The van der Waals surface area contributed by atoms with Crippen LogP contribution in [-0.2, 0) is 0 Å². The molecule has 0 heteroatoms. The first kappa shape index (κ1) is 22.0. The van der Waals surface area contributed by atoms with Gasteiger partial charge in [-0.25, -0.2) is 0 Å². The molecule has 0 aromatic heterocycles. The van der Waals surface area contributed by atoms with Crippen LogP contribution in [0.25, 0.3) is 0 Å². The lowest BCUT2D eigenvalue weighted by atomic mass is 10.0. The second-order valence-electron chi connectivity index (χ2n) is 6.49. The fourth-order valence-corrected chi connectivity index (χ4v) is 1.11. The van der Waals surface area contributed by atoms with Gasteiger partial charge in [0.2, 0.25) is 0 Å². The third-order valence-corrected chi connectivity index (χ3v) is 3.60. The van der Waals surface area contributed by atoms with Crippen molar-refractivity contribution in [1.82, 2.24) is 0 Å². The van der Waals surface area contributed by atoms with Crippen molar-refractivity contribution in [3.05, 3.63) is 58.2 Å². The predicted molar refractivity (Wildman–Crippen MR) is 99.8 cm³/mol. The van der Waals surface area contributed by atoms with Crippen LogP contribution < -0.4 is 0 Å². The average molecular weight is 289 g/mol. The Kier molecular flexibility index (Phi) is 13.0. The molecular formula is C21H36. The van der Waals surface area contributed by atoms with Crippen LogP contribution in [0.5, 0.6) is 0 Å². The van der Waals surface area contributed by atoms with E-state index < -0.39 is 0 Å². The molecule has 1 rings (SSSR count). The molecule has 0 bridgehead atoms. The van der Waals surface area contributed by atoms with E-state index in [9.17, 15) is 0 Å². The lowest BCUT2D eigenvalue weighted by molar-refractivity contribution is 0.756. The number of hydrogen-bond donors (Lipinski definition) is 0. The van der Waals surface area contributed by atoms with Crippen LogP contribution in [0.2, 0.25) is 0 Å². The molecule has 0 saturated carbocycles. The van der Waals surface area contributed by atoms with E-state index in [4.69, 9.17) is 0 Å². The Bertz CT molecular complexity index is 408. The highest BCUT2D eigenvalue weighted by molar-refractivity contribution is 5.11. The fourth-order valence-electron chi connectivity index (χ4n) is 1.11. The molecule has 21 heavy (non-hydrogen) atoms. The quantitative estimate of drug-likeness (QED) is 0.474. The van der Waals surface area contributed by atoms with Crippen molar-refractivity contribution in [3.63, 3.8) is 0 Å². The minimum atomic E-state index is 0.722. The van der Waals surface area contributed by atoms with Crippen LogP contribution >= 0.6 is 0 Å². The summed E-state index contributed by atoms with van der Waals surface area (Å²) in [5.74, 6) is 0.722. The molecule has 1 aromatic carbocycles. The maximum Gasteiger partial charge on any atom is -0.0260 e. The van der Waals surface area contributed by atoms with E-state index in [2.05, 4.69) is 81.4 Å². The van der Waals surface area contributed by atoms with Crippen molar-refractivity contribution in [3.8, 4) is 0 Å². The van der Waals surface area contributed by atoms with Crippen LogP contribution in [-0.4, -0.2) is 0 Å². The molecule has 0 N–H and O–H groups in total. The summed E-state index contributed by atoms with van der Waals surface area (Å²) in [5, 5.41) is 0. The number of benzene rings is 1. The monoisotopic (exact) mass is 288 g/mol. The number of aryl methyl sites for hydroxylation is 1. The molecule has 0 unspecified atom stereocenters. The standard InChI is InChI=1S/C8H16.C7H8.C6H12/c1-6(2)8(5)7(3)4;1-7-5-3-2-4-6-7;1-5(2)6(3)4/h6H,1-5H3;2-6H,1H3;1-4H3. The van der Waals surface area contributed by atoms with Crippen molar-refractivity contribution in [2.24, 2.45) is 5.92 Å². The smallest absolute Gasteiger partial charge is 0.0260 e. The zero-order chi connectivity index (χ0) is 17.0. The lowest BCUT2D eigenvalue weighted by Gasteiger charge is -2.05. The normalized spacial score (nSPS) is 8.90. The van der Waals surface area contributed by atoms with E-state index in [0.717, 1.165) is 5.92 Å². The van der Waals surface area contributed by atoms with Crippen molar-refractivity contribution < 1.29 is 0 Å². The highest BCUT2D eigenvalue weighted by atomic mass is 14.0. The first-order valence-corrected chi connectivity index (χ1v) is 7.85. The van der Waals surface area contributed by atoms with Gasteiger partial charge in [0.25, 0.3) is 0 Å². The molecule has 0 spiro atoms. The van der Waals surface area contributed by atoms with E-state index in [1.807, 2.05) is 18.2 Å². The molecule has 0 aliphatic heterocycles. The summed E-state index contributed by atoms with van der Waals surface area (Å²) >= 11 is 0. The predicted octanol–water partition coefficient (Wildman–Crippen LogP) is 7.36. The van der Waals surface area contributed by atoms with Gasteiger partial charge in [-0.05, 0) is 61.3 Å². The SMILES string of the molecule is CC(C)=C(C)C.CC(C)=C(C)C(C)C.Cc1ccccc1. The van der Waals surface area contributed by atoms with Crippen molar-refractivity contribution in [2.75, 3.05) is 0 Å². The molecule has 120 valence electrons. The first-order valence-electron chi connectivity index (χ1n) is 7.85. The minimum absolute atomic E-state index is 0.722. The molecule has 1 aromatic rings. The molecule has 0 aliphatic rings. The Morgan fingerprint density at radius 2 is 1.05 bits per heavy atom. The molecular weight excluding hydrogens is 252 g/mol. The van der Waals surface area contributed by atoms with Crippen LogP contribution in [0.1, 0.15) is 67.9 Å². The van der Waals surface area contributed by atoms with E-state index in [0.29, 0.717) is 0 Å². The molecule has 0 nitrogen and oxygen atoms in total.